The number of hydrogen-bond donors (Lipinski definition) is 0. The van der Waals surface area contributed by atoms with Crippen molar-refractivity contribution in [1.82, 2.24) is 9.55 Å². The predicted octanol–water partition coefficient (Wildman–Crippen LogP) is 2.39. The van der Waals surface area contributed by atoms with Gasteiger partial charge in [0.2, 0.25) is 5.91 Å². The molecule has 0 radical (unpaired) electrons. The summed E-state index contributed by atoms with van der Waals surface area (Å²) in [6, 6.07) is 6.25. The Morgan fingerprint density at radius 2 is 2.21 bits per heavy atom. The zero-order valence-electron chi connectivity index (χ0n) is 11.3. The summed E-state index contributed by atoms with van der Waals surface area (Å²) in [6.45, 7) is 2.45. The minimum Gasteiger partial charge on any atom is -0.340 e. The Hall–Kier alpha value is -2.10. The number of fused-ring (bicyclic) bond motifs is 1. The van der Waals surface area contributed by atoms with Gasteiger partial charge in [-0.05, 0) is 30.5 Å². The molecule has 1 aromatic carbocycles. The first kappa shape index (κ1) is 12.0. The van der Waals surface area contributed by atoms with Crippen molar-refractivity contribution < 1.29 is 4.79 Å². The van der Waals surface area contributed by atoms with E-state index in [2.05, 4.69) is 11.1 Å². The standard InChI is InChI=1S/C15H17N3O/c1-11(19)18-7-3-4-13-8-12(5-6-15(13)18)14-9-17(2)10-16-14/h5-6,8-10H,3-4,7H2,1-2H3. The van der Waals surface area contributed by atoms with Crippen LogP contribution in [0.5, 0.6) is 0 Å². The van der Waals surface area contributed by atoms with E-state index in [0.29, 0.717) is 0 Å². The Balaban J connectivity index is 2.02. The molecule has 19 heavy (non-hydrogen) atoms. The van der Waals surface area contributed by atoms with Gasteiger partial charge in [-0.1, -0.05) is 6.07 Å². The van der Waals surface area contributed by atoms with Gasteiger partial charge in [0.1, 0.15) is 0 Å². The average Bonchev–Trinajstić information content (AvgIpc) is 2.84. The van der Waals surface area contributed by atoms with Gasteiger partial charge in [-0.15, -0.1) is 0 Å². The maximum atomic E-state index is 11.6. The van der Waals surface area contributed by atoms with Crippen LogP contribution >= 0.6 is 0 Å². The number of carbonyl (C=O) groups is 1. The van der Waals surface area contributed by atoms with Crippen LogP contribution in [0.25, 0.3) is 11.3 Å². The highest BCUT2D eigenvalue weighted by Gasteiger charge is 2.20. The summed E-state index contributed by atoms with van der Waals surface area (Å²) in [4.78, 5) is 17.9. The Labute approximate surface area is 112 Å². The fourth-order valence-electron chi connectivity index (χ4n) is 2.65. The highest BCUT2D eigenvalue weighted by atomic mass is 16.2. The maximum absolute atomic E-state index is 11.6. The van der Waals surface area contributed by atoms with Crippen molar-refractivity contribution in [2.45, 2.75) is 19.8 Å². The summed E-state index contributed by atoms with van der Waals surface area (Å²) in [5, 5.41) is 0. The number of anilines is 1. The van der Waals surface area contributed by atoms with E-state index in [1.165, 1.54) is 5.56 Å². The van der Waals surface area contributed by atoms with Crippen molar-refractivity contribution in [3.8, 4) is 11.3 Å². The Bertz CT molecular complexity index is 630. The molecular weight excluding hydrogens is 238 g/mol. The third-order valence-corrected chi connectivity index (χ3v) is 3.58. The van der Waals surface area contributed by atoms with Crippen LogP contribution in [0.1, 0.15) is 18.9 Å². The molecule has 98 valence electrons. The quantitative estimate of drug-likeness (QED) is 0.784. The van der Waals surface area contributed by atoms with E-state index in [9.17, 15) is 4.79 Å². The lowest BCUT2D eigenvalue weighted by Gasteiger charge is -2.28. The van der Waals surface area contributed by atoms with Crippen molar-refractivity contribution in [2.24, 2.45) is 7.05 Å². The van der Waals surface area contributed by atoms with E-state index in [1.807, 2.05) is 34.8 Å². The number of imidazole rings is 1. The summed E-state index contributed by atoms with van der Waals surface area (Å²) in [5.74, 6) is 0.117. The predicted molar refractivity (Wildman–Crippen MR) is 75.0 cm³/mol. The van der Waals surface area contributed by atoms with Crippen LogP contribution < -0.4 is 4.90 Å². The van der Waals surface area contributed by atoms with Gasteiger partial charge in [-0.25, -0.2) is 4.98 Å². The van der Waals surface area contributed by atoms with Gasteiger partial charge in [0.05, 0.1) is 12.0 Å². The molecule has 0 fully saturated rings. The molecule has 0 spiro atoms. The number of nitrogens with zero attached hydrogens (tertiary/aromatic N) is 3. The molecule has 0 saturated heterocycles. The second kappa shape index (κ2) is 4.53. The molecule has 3 rings (SSSR count). The zero-order chi connectivity index (χ0) is 13.4. The molecule has 0 saturated carbocycles. The summed E-state index contributed by atoms with van der Waals surface area (Å²) in [7, 11) is 1.96. The van der Waals surface area contributed by atoms with Crippen molar-refractivity contribution >= 4 is 11.6 Å². The third kappa shape index (κ3) is 2.14. The first-order chi connectivity index (χ1) is 9.15. The summed E-state index contributed by atoms with van der Waals surface area (Å²) in [6.07, 6.45) is 5.86. The van der Waals surface area contributed by atoms with E-state index in [0.717, 1.165) is 36.3 Å². The monoisotopic (exact) mass is 255 g/mol. The largest absolute Gasteiger partial charge is 0.340 e. The molecule has 0 N–H and O–H groups in total. The lowest BCUT2D eigenvalue weighted by atomic mass is 9.98. The summed E-state index contributed by atoms with van der Waals surface area (Å²) < 4.78 is 1.94. The van der Waals surface area contributed by atoms with Gasteiger partial charge >= 0.3 is 0 Å². The molecule has 2 aromatic rings. The fraction of sp³-hybridized carbons (Fsp3) is 0.333. The summed E-state index contributed by atoms with van der Waals surface area (Å²) >= 11 is 0. The van der Waals surface area contributed by atoms with Crippen LogP contribution in [0, 0.1) is 0 Å². The number of carbonyl (C=O) groups excluding carboxylic acids is 1. The number of benzene rings is 1. The Kier molecular flexibility index (Phi) is 2.85. The van der Waals surface area contributed by atoms with Gasteiger partial charge in [-0.3, -0.25) is 4.79 Å². The van der Waals surface area contributed by atoms with Crippen molar-refractivity contribution in [2.75, 3.05) is 11.4 Å². The van der Waals surface area contributed by atoms with Crippen molar-refractivity contribution in [3.05, 3.63) is 36.3 Å². The summed E-state index contributed by atoms with van der Waals surface area (Å²) in [5.41, 5.74) is 4.39. The number of hydrogen-bond acceptors (Lipinski definition) is 2. The number of aryl methyl sites for hydroxylation is 2. The molecular formula is C15H17N3O. The van der Waals surface area contributed by atoms with Gasteiger partial charge in [0.15, 0.2) is 0 Å². The van der Waals surface area contributed by atoms with Gasteiger partial charge in [-0.2, -0.15) is 0 Å². The van der Waals surface area contributed by atoms with Crippen LogP contribution in [-0.4, -0.2) is 22.0 Å². The molecule has 0 unspecified atom stereocenters. The Morgan fingerprint density at radius 3 is 2.89 bits per heavy atom. The molecule has 2 heterocycles. The van der Waals surface area contributed by atoms with Crippen LogP contribution in [0.4, 0.5) is 5.69 Å². The SMILES string of the molecule is CC(=O)N1CCCc2cc(-c3cn(C)cn3)ccc21. The number of aromatic nitrogens is 2. The van der Waals surface area contributed by atoms with Crippen LogP contribution in [0.2, 0.25) is 0 Å². The maximum Gasteiger partial charge on any atom is 0.223 e. The lowest BCUT2D eigenvalue weighted by Crippen LogP contribution is -2.33. The molecule has 0 aliphatic carbocycles. The van der Waals surface area contributed by atoms with Gasteiger partial charge < -0.3 is 9.47 Å². The van der Waals surface area contributed by atoms with E-state index in [4.69, 9.17) is 0 Å². The Morgan fingerprint density at radius 1 is 1.37 bits per heavy atom. The van der Waals surface area contributed by atoms with Crippen LogP contribution in [-0.2, 0) is 18.3 Å². The van der Waals surface area contributed by atoms with Crippen LogP contribution in [0.3, 0.4) is 0 Å². The number of rotatable bonds is 1. The highest BCUT2D eigenvalue weighted by molar-refractivity contribution is 5.93. The van der Waals surface area contributed by atoms with E-state index >= 15 is 0 Å². The lowest BCUT2D eigenvalue weighted by molar-refractivity contribution is -0.116. The normalized spacial score (nSPS) is 14.3. The average molecular weight is 255 g/mol. The molecule has 1 aliphatic heterocycles. The van der Waals surface area contributed by atoms with Crippen LogP contribution in [0.15, 0.2) is 30.7 Å². The highest BCUT2D eigenvalue weighted by Crippen LogP contribution is 2.31. The van der Waals surface area contributed by atoms with Gasteiger partial charge in [0, 0.05) is 38.0 Å². The molecule has 4 nitrogen and oxygen atoms in total. The first-order valence-corrected chi connectivity index (χ1v) is 6.54. The fourth-order valence-corrected chi connectivity index (χ4v) is 2.65. The zero-order valence-corrected chi connectivity index (χ0v) is 11.3. The van der Waals surface area contributed by atoms with Crippen molar-refractivity contribution in [3.63, 3.8) is 0 Å². The van der Waals surface area contributed by atoms with E-state index < -0.39 is 0 Å². The van der Waals surface area contributed by atoms with E-state index in [-0.39, 0.29) is 5.91 Å². The first-order valence-electron chi connectivity index (χ1n) is 6.54. The van der Waals surface area contributed by atoms with Gasteiger partial charge in [0.25, 0.3) is 0 Å². The molecule has 1 amide bonds. The number of amides is 1. The molecule has 0 bridgehead atoms. The van der Waals surface area contributed by atoms with Crippen molar-refractivity contribution in [1.29, 1.82) is 0 Å². The van der Waals surface area contributed by atoms with E-state index in [1.54, 1.807) is 13.3 Å². The third-order valence-electron chi connectivity index (χ3n) is 3.58. The second-order valence-electron chi connectivity index (χ2n) is 5.04. The molecule has 0 atom stereocenters. The minimum atomic E-state index is 0.117. The smallest absolute Gasteiger partial charge is 0.223 e. The second-order valence-corrected chi connectivity index (χ2v) is 5.04. The minimum absolute atomic E-state index is 0.117. The molecule has 1 aliphatic rings. The topological polar surface area (TPSA) is 38.1 Å². The molecule has 1 aromatic heterocycles. The molecule has 4 heteroatoms.